The Hall–Kier alpha value is -1.92. The molecule has 3 rings (SSSR count). The van der Waals surface area contributed by atoms with E-state index in [0.29, 0.717) is 19.2 Å². The van der Waals surface area contributed by atoms with Crippen molar-refractivity contribution in [3.8, 4) is 5.75 Å². The molecule has 1 fully saturated rings. The van der Waals surface area contributed by atoms with Gasteiger partial charge >= 0.3 is 0 Å². The number of hydrogen-bond donors (Lipinski definition) is 1. The van der Waals surface area contributed by atoms with Gasteiger partial charge in [0.1, 0.15) is 30.1 Å². The van der Waals surface area contributed by atoms with E-state index in [9.17, 15) is 5.11 Å². The van der Waals surface area contributed by atoms with Gasteiger partial charge < -0.3 is 9.84 Å². The van der Waals surface area contributed by atoms with Crippen molar-refractivity contribution in [3.05, 3.63) is 42.0 Å². The third-order valence-corrected chi connectivity index (χ3v) is 4.73. The van der Waals surface area contributed by atoms with E-state index in [2.05, 4.69) is 15.0 Å². The van der Waals surface area contributed by atoms with Crippen molar-refractivity contribution in [2.75, 3.05) is 19.7 Å². The van der Waals surface area contributed by atoms with Crippen LogP contribution in [0.3, 0.4) is 0 Å². The van der Waals surface area contributed by atoms with Crippen LogP contribution >= 0.6 is 0 Å². The van der Waals surface area contributed by atoms with Gasteiger partial charge in [0, 0.05) is 12.6 Å². The molecule has 2 atom stereocenters. The molecule has 0 bridgehead atoms. The fourth-order valence-electron chi connectivity index (χ4n) is 3.47. The highest BCUT2D eigenvalue weighted by molar-refractivity contribution is 5.20. The number of β-amino-alcohol motifs (C(OH)–C–C–N with tert-alkyl or cyclic N) is 1. The molecule has 136 valence electrons. The molecule has 1 aromatic heterocycles. The summed E-state index contributed by atoms with van der Waals surface area (Å²) in [5, 5.41) is 14.9. The molecular weight excluding hydrogens is 316 g/mol. The molecule has 0 unspecified atom stereocenters. The number of piperidine rings is 1. The third-order valence-electron chi connectivity index (χ3n) is 4.73. The molecular formula is C19H28N4O2. The highest BCUT2D eigenvalue weighted by Gasteiger charge is 2.25. The monoisotopic (exact) mass is 344 g/mol. The Kier molecular flexibility index (Phi) is 6.04. The van der Waals surface area contributed by atoms with Crippen molar-refractivity contribution >= 4 is 0 Å². The maximum atomic E-state index is 10.4. The van der Waals surface area contributed by atoms with Gasteiger partial charge in [0.05, 0.1) is 6.54 Å². The molecule has 0 aliphatic carbocycles. The van der Waals surface area contributed by atoms with Gasteiger partial charge in [0.15, 0.2) is 0 Å². The summed E-state index contributed by atoms with van der Waals surface area (Å²) in [5.41, 5.74) is 0. The summed E-state index contributed by atoms with van der Waals surface area (Å²) in [6.45, 7) is 6.71. The van der Waals surface area contributed by atoms with Crippen LogP contribution in [0.25, 0.3) is 0 Å². The number of ether oxygens (including phenoxy) is 1. The average Bonchev–Trinajstić information content (AvgIpc) is 2.93. The summed E-state index contributed by atoms with van der Waals surface area (Å²) < 4.78 is 7.67. The van der Waals surface area contributed by atoms with E-state index in [0.717, 1.165) is 36.9 Å². The largest absolute Gasteiger partial charge is 0.491 e. The number of para-hydroxylation sites is 1. The van der Waals surface area contributed by atoms with Crippen LogP contribution in [0.5, 0.6) is 5.75 Å². The van der Waals surface area contributed by atoms with Crippen LogP contribution < -0.4 is 4.74 Å². The smallest absolute Gasteiger partial charge is 0.147 e. The van der Waals surface area contributed by atoms with Crippen LogP contribution in [0.2, 0.25) is 0 Å². The van der Waals surface area contributed by atoms with Gasteiger partial charge in [-0.15, -0.1) is 0 Å². The first-order chi connectivity index (χ1) is 12.1. The van der Waals surface area contributed by atoms with Crippen LogP contribution in [-0.2, 0) is 6.54 Å². The highest BCUT2D eigenvalue weighted by atomic mass is 16.5. The quantitative estimate of drug-likeness (QED) is 0.834. The molecule has 0 radical (unpaired) electrons. The second-order valence-corrected chi connectivity index (χ2v) is 6.81. The summed E-state index contributed by atoms with van der Waals surface area (Å²) in [7, 11) is 0. The van der Waals surface area contributed by atoms with Gasteiger partial charge in [-0.3, -0.25) is 4.90 Å². The second kappa shape index (κ2) is 8.45. The van der Waals surface area contributed by atoms with Gasteiger partial charge in [-0.1, -0.05) is 24.6 Å². The Bertz CT molecular complexity index is 659. The summed E-state index contributed by atoms with van der Waals surface area (Å²) in [6, 6.07) is 10.0. The number of benzene rings is 1. The van der Waals surface area contributed by atoms with Crippen LogP contribution in [0.15, 0.2) is 30.3 Å². The third kappa shape index (κ3) is 5.03. The lowest BCUT2D eigenvalue weighted by molar-refractivity contribution is 0.0343. The first-order valence-electron chi connectivity index (χ1n) is 9.10. The zero-order chi connectivity index (χ0) is 17.6. The van der Waals surface area contributed by atoms with Crippen LogP contribution in [0.4, 0.5) is 0 Å². The fraction of sp³-hybridized carbons (Fsp3) is 0.579. The lowest BCUT2D eigenvalue weighted by atomic mass is 10.0. The molecule has 1 saturated heterocycles. The van der Waals surface area contributed by atoms with E-state index in [-0.39, 0.29) is 0 Å². The SMILES string of the molecule is Cc1nc(C)n(C[C@@H]2CCCCN2C[C@@H](O)COc2ccccc2)n1. The Balaban J connectivity index is 1.54. The lowest BCUT2D eigenvalue weighted by Crippen LogP contribution is -2.47. The normalized spacial score (nSPS) is 19.7. The number of likely N-dealkylation sites (tertiary alicyclic amines) is 1. The number of aryl methyl sites for hydroxylation is 2. The van der Waals surface area contributed by atoms with E-state index < -0.39 is 6.10 Å². The van der Waals surface area contributed by atoms with Crippen LogP contribution in [0.1, 0.15) is 30.9 Å². The summed E-state index contributed by atoms with van der Waals surface area (Å²) >= 11 is 0. The summed E-state index contributed by atoms with van der Waals surface area (Å²) in [6.07, 6.45) is 3.03. The van der Waals surface area contributed by atoms with Crippen molar-refractivity contribution in [3.63, 3.8) is 0 Å². The van der Waals surface area contributed by atoms with Crippen LogP contribution in [-0.4, -0.2) is 56.6 Å². The average molecular weight is 344 g/mol. The minimum Gasteiger partial charge on any atom is -0.491 e. The summed E-state index contributed by atoms with van der Waals surface area (Å²) in [5.74, 6) is 2.57. The number of nitrogens with zero attached hydrogens (tertiary/aromatic N) is 4. The van der Waals surface area contributed by atoms with E-state index in [1.165, 1.54) is 12.8 Å². The van der Waals surface area contributed by atoms with Crippen molar-refractivity contribution in [2.24, 2.45) is 0 Å². The van der Waals surface area contributed by atoms with Gasteiger partial charge in [0.25, 0.3) is 0 Å². The molecule has 6 heteroatoms. The van der Waals surface area contributed by atoms with Crippen molar-refractivity contribution in [2.45, 2.75) is 51.8 Å². The molecule has 1 N–H and O–H groups in total. The molecule has 2 aromatic rings. The minimum atomic E-state index is -0.501. The predicted molar refractivity (Wildman–Crippen MR) is 96.7 cm³/mol. The van der Waals surface area contributed by atoms with Crippen molar-refractivity contribution < 1.29 is 9.84 Å². The molecule has 1 aromatic carbocycles. The second-order valence-electron chi connectivity index (χ2n) is 6.81. The molecule has 1 aliphatic rings. The van der Waals surface area contributed by atoms with E-state index in [1.54, 1.807) is 0 Å². The minimum absolute atomic E-state index is 0.314. The lowest BCUT2D eigenvalue weighted by Gasteiger charge is -2.36. The van der Waals surface area contributed by atoms with Gasteiger partial charge in [-0.2, -0.15) is 5.10 Å². The van der Waals surface area contributed by atoms with E-state index in [4.69, 9.17) is 4.74 Å². The highest BCUT2D eigenvalue weighted by Crippen LogP contribution is 2.19. The Morgan fingerprint density at radius 2 is 2.04 bits per heavy atom. The molecule has 25 heavy (non-hydrogen) atoms. The number of rotatable bonds is 7. The van der Waals surface area contributed by atoms with E-state index >= 15 is 0 Å². The molecule has 2 heterocycles. The zero-order valence-electron chi connectivity index (χ0n) is 15.1. The molecule has 0 spiro atoms. The van der Waals surface area contributed by atoms with E-state index in [1.807, 2.05) is 48.9 Å². The predicted octanol–water partition coefficient (Wildman–Crippen LogP) is 2.19. The fourth-order valence-corrected chi connectivity index (χ4v) is 3.47. The van der Waals surface area contributed by atoms with Gasteiger partial charge in [0.2, 0.25) is 0 Å². The molecule has 1 aliphatic heterocycles. The number of aliphatic hydroxyl groups is 1. The number of aliphatic hydroxyl groups excluding tert-OH is 1. The number of hydrogen-bond acceptors (Lipinski definition) is 5. The standard InChI is InChI=1S/C19H28N4O2/c1-15-20-16(2)23(21-15)12-17-8-6-7-11-22(17)13-18(24)14-25-19-9-4-3-5-10-19/h3-5,9-10,17-18,24H,6-8,11-14H2,1-2H3/t17-,18+/m0/s1. The molecule has 6 nitrogen and oxygen atoms in total. The Labute approximate surface area is 149 Å². The number of aromatic nitrogens is 3. The van der Waals surface area contributed by atoms with Crippen molar-refractivity contribution in [1.82, 2.24) is 19.7 Å². The topological polar surface area (TPSA) is 63.4 Å². The maximum Gasteiger partial charge on any atom is 0.147 e. The first-order valence-corrected chi connectivity index (χ1v) is 9.10. The zero-order valence-corrected chi connectivity index (χ0v) is 15.1. The molecule has 0 saturated carbocycles. The Morgan fingerprint density at radius 1 is 1.24 bits per heavy atom. The van der Waals surface area contributed by atoms with Crippen LogP contribution in [0, 0.1) is 13.8 Å². The first kappa shape index (κ1) is 17.9. The van der Waals surface area contributed by atoms with Gasteiger partial charge in [-0.25, -0.2) is 9.67 Å². The Morgan fingerprint density at radius 3 is 2.76 bits per heavy atom. The summed E-state index contributed by atoms with van der Waals surface area (Å²) in [4.78, 5) is 6.76. The van der Waals surface area contributed by atoms with Crippen molar-refractivity contribution in [1.29, 1.82) is 0 Å². The van der Waals surface area contributed by atoms with Gasteiger partial charge in [-0.05, 0) is 45.4 Å². The maximum absolute atomic E-state index is 10.4. The molecule has 0 amide bonds.